The molecule has 0 aromatic carbocycles. The van der Waals surface area contributed by atoms with Gasteiger partial charge in [-0.2, -0.15) is 0 Å². The smallest absolute Gasteiger partial charge is 0.252 e. The SMILES string of the molecule is Cc1ccc(NC2CC(=O)N(C3CC3)C2=O)nc1. The maximum absolute atomic E-state index is 12.1. The molecule has 2 heterocycles. The molecule has 0 bridgehead atoms. The molecule has 1 aliphatic carbocycles. The van der Waals surface area contributed by atoms with Gasteiger partial charge in [0.15, 0.2) is 0 Å². The normalized spacial score (nSPS) is 23.6. The van der Waals surface area contributed by atoms with Crippen LogP contribution in [0.2, 0.25) is 0 Å². The lowest BCUT2D eigenvalue weighted by Crippen LogP contribution is -2.36. The lowest BCUT2D eigenvalue weighted by atomic mass is 10.2. The van der Waals surface area contributed by atoms with Crippen LogP contribution in [0.4, 0.5) is 5.82 Å². The minimum Gasteiger partial charge on any atom is -0.358 e. The number of anilines is 1. The van der Waals surface area contributed by atoms with Crippen molar-refractivity contribution < 1.29 is 9.59 Å². The Kier molecular flexibility index (Phi) is 2.54. The predicted octanol–water partition coefficient (Wildman–Crippen LogP) is 1.09. The maximum atomic E-state index is 12.1. The summed E-state index contributed by atoms with van der Waals surface area (Å²) in [7, 11) is 0. The van der Waals surface area contributed by atoms with E-state index in [1.54, 1.807) is 6.20 Å². The first-order chi connectivity index (χ1) is 8.65. The van der Waals surface area contributed by atoms with Gasteiger partial charge < -0.3 is 5.32 Å². The van der Waals surface area contributed by atoms with Gasteiger partial charge in [-0.05, 0) is 31.4 Å². The third-order valence-corrected chi connectivity index (χ3v) is 3.33. The first-order valence-electron chi connectivity index (χ1n) is 6.20. The van der Waals surface area contributed by atoms with Gasteiger partial charge >= 0.3 is 0 Å². The van der Waals surface area contributed by atoms with Gasteiger partial charge in [-0.1, -0.05) is 6.07 Å². The van der Waals surface area contributed by atoms with E-state index >= 15 is 0 Å². The second kappa shape index (κ2) is 4.08. The van der Waals surface area contributed by atoms with Crippen LogP contribution < -0.4 is 5.32 Å². The summed E-state index contributed by atoms with van der Waals surface area (Å²) in [5.41, 5.74) is 1.06. The summed E-state index contributed by atoms with van der Waals surface area (Å²) in [6, 6.07) is 3.46. The average Bonchev–Trinajstić information content (AvgIpc) is 3.12. The van der Waals surface area contributed by atoms with Crippen LogP contribution in [0.3, 0.4) is 0 Å². The van der Waals surface area contributed by atoms with E-state index < -0.39 is 6.04 Å². The van der Waals surface area contributed by atoms with Crippen LogP contribution in [-0.2, 0) is 9.59 Å². The molecule has 2 aliphatic rings. The highest BCUT2D eigenvalue weighted by Crippen LogP contribution is 2.32. The van der Waals surface area contributed by atoms with E-state index in [-0.39, 0.29) is 24.3 Å². The van der Waals surface area contributed by atoms with Crippen molar-refractivity contribution in [3.63, 3.8) is 0 Å². The fourth-order valence-corrected chi connectivity index (χ4v) is 2.21. The number of aryl methyl sites for hydroxylation is 1. The number of pyridine rings is 1. The molecule has 1 aliphatic heterocycles. The number of imide groups is 1. The maximum Gasteiger partial charge on any atom is 0.252 e. The van der Waals surface area contributed by atoms with E-state index in [0.29, 0.717) is 5.82 Å². The van der Waals surface area contributed by atoms with Gasteiger partial charge in [0.25, 0.3) is 5.91 Å². The molecule has 2 fully saturated rings. The minimum atomic E-state index is -0.451. The molecule has 94 valence electrons. The summed E-state index contributed by atoms with van der Waals surface area (Å²) in [6.45, 7) is 1.95. The molecule has 2 amide bonds. The first-order valence-corrected chi connectivity index (χ1v) is 6.20. The lowest BCUT2D eigenvalue weighted by Gasteiger charge is -2.14. The first kappa shape index (κ1) is 11.2. The minimum absolute atomic E-state index is 0.0629. The lowest BCUT2D eigenvalue weighted by molar-refractivity contribution is -0.139. The number of carbonyl (C=O) groups excluding carboxylic acids is 2. The van der Waals surface area contributed by atoms with Gasteiger partial charge in [0, 0.05) is 12.2 Å². The largest absolute Gasteiger partial charge is 0.358 e. The van der Waals surface area contributed by atoms with Crippen molar-refractivity contribution in [3.05, 3.63) is 23.9 Å². The fraction of sp³-hybridized carbons (Fsp3) is 0.462. The molecule has 1 unspecified atom stereocenters. The number of hydrogen-bond donors (Lipinski definition) is 1. The molecule has 0 radical (unpaired) electrons. The summed E-state index contributed by atoms with van der Waals surface area (Å²) < 4.78 is 0. The summed E-state index contributed by atoms with van der Waals surface area (Å²) in [5, 5.41) is 3.04. The molecular formula is C13H15N3O2. The van der Waals surface area contributed by atoms with E-state index in [4.69, 9.17) is 0 Å². The van der Waals surface area contributed by atoms with Crippen LogP contribution in [0, 0.1) is 6.92 Å². The Balaban J connectivity index is 1.72. The van der Waals surface area contributed by atoms with Crippen molar-refractivity contribution in [2.75, 3.05) is 5.32 Å². The van der Waals surface area contributed by atoms with Crippen LogP contribution in [-0.4, -0.2) is 33.8 Å². The highest BCUT2D eigenvalue weighted by molar-refractivity contribution is 6.07. The zero-order valence-electron chi connectivity index (χ0n) is 10.2. The molecule has 1 saturated carbocycles. The Labute approximate surface area is 105 Å². The molecule has 3 rings (SSSR count). The van der Waals surface area contributed by atoms with Crippen LogP contribution in [0.15, 0.2) is 18.3 Å². The van der Waals surface area contributed by atoms with Gasteiger partial charge in [0.2, 0.25) is 5.91 Å². The standard InChI is InChI=1S/C13H15N3O2/c1-8-2-5-11(14-7-8)15-10-6-12(17)16(13(10)18)9-3-4-9/h2,5,7,9-10H,3-4,6H2,1H3,(H,14,15). The van der Waals surface area contributed by atoms with E-state index in [1.165, 1.54) is 4.90 Å². The van der Waals surface area contributed by atoms with E-state index in [0.717, 1.165) is 18.4 Å². The topological polar surface area (TPSA) is 62.3 Å². The molecule has 5 nitrogen and oxygen atoms in total. The van der Waals surface area contributed by atoms with Crippen LogP contribution in [0.1, 0.15) is 24.8 Å². The van der Waals surface area contributed by atoms with Crippen molar-refractivity contribution in [2.24, 2.45) is 0 Å². The van der Waals surface area contributed by atoms with E-state index in [1.807, 2.05) is 19.1 Å². The van der Waals surface area contributed by atoms with Crippen molar-refractivity contribution >= 4 is 17.6 Å². The number of carbonyl (C=O) groups is 2. The molecule has 1 saturated heterocycles. The number of nitrogens with zero attached hydrogens (tertiary/aromatic N) is 2. The number of likely N-dealkylation sites (tertiary alicyclic amines) is 1. The van der Waals surface area contributed by atoms with Gasteiger partial charge in [-0.3, -0.25) is 14.5 Å². The molecular weight excluding hydrogens is 230 g/mol. The molecule has 1 aromatic heterocycles. The quantitative estimate of drug-likeness (QED) is 0.810. The Bertz CT molecular complexity index is 493. The highest BCUT2D eigenvalue weighted by atomic mass is 16.2. The van der Waals surface area contributed by atoms with Crippen molar-refractivity contribution in [1.82, 2.24) is 9.88 Å². The number of amides is 2. The molecule has 5 heteroatoms. The molecule has 1 atom stereocenters. The monoisotopic (exact) mass is 245 g/mol. The van der Waals surface area contributed by atoms with Crippen LogP contribution in [0.25, 0.3) is 0 Å². The van der Waals surface area contributed by atoms with Crippen molar-refractivity contribution in [3.8, 4) is 0 Å². The average molecular weight is 245 g/mol. The second-order valence-corrected chi connectivity index (χ2v) is 4.95. The molecule has 1 aromatic rings. The predicted molar refractivity (Wildman–Crippen MR) is 65.9 cm³/mol. The number of aromatic nitrogens is 1. The Morgan fingerprint density at radius 2 is 2.11 bits per heavy atom. The number of hydrogen-bond acceptors (Lipinski definition) is 4. The zero-order valence-corrected chi connectivity index (χ0v) is 10.2. The van der Waals surface area contributed by atoms with Gasteiger partial charge in [-0.15, -0.1) is 0 Å². The van der Waals surface area contributed by atoms with Gasteiger partial charge in [0.1, 0.15) is 11.9 Å². The van der Waals surface area contributed by atoms with E-state index in [9.17, 15) is 9.59 Å². The Morgan fingerprint density at radius 3 is 2.72 bits per heavy atom. The summed E-state index contributed by atoms with van der Waals surface area (Å²) in [5.74, 6) is 0.474. The Morgan fingerprint density at radius 1 is 1.33 bits per heavy atom. The van der Waals surface area contributed by atoms with Gasteiger partial charge in [-0.25, -0.2) is 4.98 Å². The molecule has 0 spiro atoms. The highest BCUT2D eigenvalue weighted by Gasteiger charge is 2.46. The van der Waals surface area contributed by atoms with Crippen molar-refractivity contribution in [1.29, 1.82) is 0 Å². The fourth-order valence-electron chi connectivity index (χ4n) is 2.21. The molecule has 1 N–H and O–H groups in total. The Hall–Kier alpha value is -1.91. The molecule has 18 heavy (non-hydrogen) atoms. The van der Waals surface area contributed by atoms with Crippen molar-refractivity contribution in [2.45, 2.75) is 38.3 Å². The number of rotatable bonds is 3. The zero-order chi connectivity index (χ0) is 12.7. The van der Waals surface area contributed by atoms with E-state index in [2.05, 4.69) is 10.3 Å². The van der Waals surface area contributed by atoms with Crippen LogP contribution in [0.5, 0.6) is 0 Å². The van der Waals surface area contributed by atoms with Gasteiger partial charge in [0.05, 0.1) is 6.42 Å². The van der Waals surface area contributed by atoms with Crippen LogP contribution >= 0.6 is 0 Å². The summed E-state index contributed by atoms with van der Waals surface area (Å²) in [6.07, 6.45) is 3.88. The second-order valence-electron chi connectivity index (χ2n) is 4.95. The third kappa shape index (κ3) is 1.96. The summed E-state index contributed by atoms with van der Waals surface area (Å²) in [4.78, 5) is 29.5. The number of nitrogens with one attached hydrogen (secondary N) is 1. The summed E-state index contributed by atoms with van der Waals surface area (Å²) >= 11 is 0. The third-order valence-electron chi connectivity index (χ3n) is 3.33.